The van der Waals surface area contributed by atoms with E-state index in [1.165, 1.54) is 0 Å². The van der Waals surface area contributed by atoms with E-state index >= 15 is 4.39 Å². The van der Waals surface area contributed by atoms with Crippen molar-refractivity contribution < 1.29 is 4.39 Å². The second kappa shape index (κ2) is 7.98. The summed E-state index contributed by atoms with van der Waals surface area (Å²) in [7, 11) is 0. The first-order valence-electron chi connectivity index (χ1n) is 9.70. The number of hydrogen-bond donors (Lipinski definition) is 0. The summed E-state index contributed by atoms with van der Waals surface area (Å²) in [6, 6.07) is 17.3. The van der Waals surface area contributed by atoms with Crippen LogP contribution in [0.2, 0.25) is 10.2 Å². The lowest BCUT2D eigenvalue weighted by molar-refractivity contribution is 0.527. The Labute approximate surface area is 185 Å². The number of benzene rings is 2. The highest BCUT2D eigenvalue weighted by Gasteiger charge is 2.26. The van der Waals surface area contributed by atoms with Gasteiger partial charge in [0.15, 0.2) is 0 Å². The summed E-state index contributed by atoms with van der Waals surface area (Å²) in [6.07, 6.45) is 3.56. The molecule has 1 atom stereocenters. The van der Waals surface area contributed by atoms with Crippen LogP contribution in [0.4, 0.5) is 4.39 Å². The van der Waals surface area contributed by atoms with E-state index < -0.39 is 5.41 Å². The Bertz CT molecular complexity index is 1220. The van der Waals surface area contributed by atoms with Crippen LogP contribution in [-0.2, 0) is 5.41 Å². The summed E-state index contributed by atoms with van der Waals surface area (Å²) in [5, 5.41) is 1.31. The van der Waals surface area contributed by atoms with E-state index in [-0.39, 0.29) is 16.9 Å². The van der Waals surface area contributed by atoms with Crippen LogP contribution in [-0.4, -0.2) is 9.97 Å². The number of pyridine rings is 2. The summed E-state index contributed by atoms with van der Waals surface area (Å²) in [5.41, 5.74) is 3.43. The van der Waals surface area contributed by atoms with Gasteiger partial charge in [-0.2, -0.15) is 0 Å². The molecule has 0 spiro atoms. The van der Waals surface area contributed by atoms with Gasteiger partial charge in [-0.05, 0) is 52.4 Å². The van der Waals surface area contributed by atoms with Crippen molar-refractivity contribution in [1.29, 1.82) is 0 Å². The monoisotopic (exact) mass is 438 g/mol. The molecule has 2 aromatic heterocycles. The Hall–Kier alpha value is -2.49. The van der Waals surface area contributed by atoms with Crippen molar-refractivity contribution in [3.63, 3.8) is 0 Å². The molecule has 0 amide bonds. The van der Waals surface area contributed by atoms with Gasteiger partial charge in [0.1, 0.15) is 11.0 Å². The van der Waals surface area contributed by atoms with E-state index in [4.69, 9.17) is 23.2 Å². The molecule has 1 unspecified atom stereocenters. The van der Waals surface area contributed by atoms with Gasteiger partial charge in [-0.25, -0.2) is 9.37 Å². The standard InChI is InChI=1S/C25H21Cl2FN2/c1-25(2,3)22-23(28)19-13-16(9-10-20(19)30-24(22)27)21(17-7-5-11-29-14-17)15-6-4-8-18(26)12-15/h4-14,21H,1-3H3. The molecule has 0 bridgehead atoms. The van der Waals surface area contributed by atoms with Crippen molar-refractivity contribution in [1.82, 2.24) is 9.97 Å². The molecule has 0 saturated carbocycles. The average Bonchev–Trinajstić information content (AvgIpc) is 2.68. The highest BCUT2D eigenvalue weighted by molar-refractivity contribution is 6.31. The normalized spacial score (nSPS) is 12.9. The minimum atomic E-state index is -0.464. The predicted molar refractivity (Wildman–Crippen MR) is 122 cm³/mol. The van der Waals surface area contributed by atoms with Gasteiger partial charge >= 0.3 is 0 Å². The number of fused-ring (bicyclic) bond motifs is 1. The smallest absolute Gasteiger partial charge is 0.139 e. The number of aromatic nitrogens is 2. The Balaban J connectivity index is 1.97. The number of rotatable bonds is 3. The van der Waals surface area contributed by atoms with Gasteiger partial charge in [-0.3, -0.25) is 4.98 Å². The maximum Gasteiger partial charge on any atom is 0.139 e. The number of halogens is 3. The quantitative estimate of drug-likeness (QED) is 0.308. The third kappa shape index (κ3) is 3.92. The zero-order valence-electron chi connectivity index (χ0n) is 17.0. The fourth-order valence-electron chi connectivity index (χ4n) is 3.84. The largest absolute Gasteiger partial charge is 0.264 e. The van der Waals surface area contributed by atoms with Gasteiger partial charge in [0.25, 0.3) is 0 Å². The third-order valence-electron chi connectivity index (χ3n) is 5.18. The van der Waals surface area contributed by atoms with Crippen molar-refractivity contribution in [2.24, 2.45) is 0 Å². The second-order valence-electron chi connectivity index (χ2n) is 8.39. The van der Waals surface area contributed by atoms with E-state index in [1.54, 1.807) is 6.20 Å². The molecule has 152 valence electrons. The molecule has 30 heavy (non-hydrogen) atoms. The van der Waals surface area contributed by atoms with Gasteiger partial charge in [0.05, 0.1) is 5.52 Å². The molecule has 0 aliphatic heterocycles. The zero-order chi connectivity index (χ0) is 21.5. The van der Waals surface area contributed by atoms with Crippen molar-refractivity contribution in [3.05, 3.63) is 105 Å². The SMILES string of the molecule is CC(C)(C)c1c(Cl)nc2ccc(C(c3cccnc3)c3cccc(Cl)c3)cc2c1F. The van der Waals surface area contributed by atoms with Crippen LogP contribution in [0.1, 0.15) is 48.9 Å². The van der Waals surface area contributed by atoms with Crippen LogP contribution >= 0.6 is 23.2 Å². The fraction of sp³-hybridized carbons (Fsp3) is 0.200. The molecular formula is C25H21Cl2FN2. The molecule has 4 aromatic rings. The third-order valence-corrected chi connectivity index (χ3v) is 5.69. The van der Waals surface area contributed by atoms with E-state index in [9.17, 15) is 0 Å². The highest BCUT2D eigenvalue weighted by atomic mass is 35.5. The molecule has 2 heterocycles. The fourth-order valence-corrected chi connectivity index (χ4v) is 4.50. The Morgan fingerprint density at radius 1 is 0.900 bits per heavy atom. The molecule has 2 nitrogen and oxygen atoms in total. The van der Waals surface area contributed by atoms with Gasteiger partial charge < -0.3 is 0 Å². The molecule has 0 fully saturated rings. The molecule has 0 aliphatic carbocycles. The molecular weight excluding hydrogens is 418 g/mol. The second-order valence-corrected chi connectivity index (χ2v) is 9.19. The summed E-state index contributed by atoms with van der Waals surface area (Å²) >= 11 is 12.6. The first kappa shape index (κ1) is 20.8. The minimum absolute atomic E-state index is 0.144. The molecule has 0 saturated heterocycles. The van der Waals surface area contributed by atoms with Crippen LogP contribution in [0.5, 0.6) is 0 Å². The van der Waals surface area contributed by atoms with Crippen LogP contribution < -0.4 is 0 Å². The van der Waals surface area contributed by atoms with Crippen molar-refractivity contribution >= 4 is 34.1 Å². The summed E-state index contributed by atoms with van der Waals surface area (Å²) < 4.78 is 15.6. The Kier molecular flexibility index (Phi) is 5.52. The van der Waals surface area contributed by atoms with Gasteiger partial charge in [0.2, 0.25) is 0 Å². The molecule has 0 N–H and O–H groups in total. The van der Waals surface area contributed by atoms with Crippen LogP contribution in [0, 0.1) is 5.82 Å². The lowest BCUT2D eigenvalue weighted by atomic mass is 9.84. The Morgan fingerprint density at radius 2 is 1.63 bits per heavy atom. The van der Waals surface area contributed by atoms with Gasteiger partial charge in [-0.15, -0.1) is 0 Å². The first-order chi connectivity index (χ1) is 14.3. The van der Waals surface area contributed by atoms with E-state index in [2.05, 4.69) is 9.97 Å². The molecule has 5 heteroatoms. The summed E-state index contributed by atoms with van der Waals surface area (Å²) in [4.78, 5) is 8.73. The van der Waals surface area contributed by atoms with Crippen molar-refractivity contribution in [2.45, 2.75) is 32.1 Å². The van der Waals surface area contributed by atoms with Crippen LogP contribution in [0.25, 0.3) is 10.9 Å². The number of hydrogen-bond acceptors (Lipinski definition) is 2. The Morgan fingerprint density at radius 3 is 2.30 bits per heavy atom. The summed E-state index contributed by atoms with van der Waals surface area (Å²) in [6.45, 7) is 5.79. The first-order valence-corrected chi connectivity index (χ1v) is 10.5. The minimum Gasteiger partial charge on any atom is -0.264 e. The lowest BCUT2D eigenvalue weighted by Crippen LogP contribution is -2.16. The lowest BCUT2D eigenvalue weighted by Gasteiger charge is -2.23. The predicted octanol–water partition coefficient (Wildman–Crippen LogP) is 7.55. The summed E-state index contributed by atoms with van der Waals surface area (Å²) in [5.74, 6) is -0.467. The van der Waals surface area contributed by atoms with Crippen LogP contribution in [0.3, 0.4) is 0 Å². The molecule has 0 aliphatic rings. The van der Waals surface area contributed by atoms with E-state index in [0.717, 1.165) is 16.7 Å². The van der Waals surface area contributed by atoms with E-state index in [0.29, 0.717) is 21.5 Å². The topological polar surface area (TPSA) is 25.8 Å². The highest BCUT2D eigenvalue weighted by Crippen LogP contribution is 2.38. The van der Waals surface area contributed by atoms with E-state index in [1.807, 2.05) is 81.6 Å². The zero-order valence-corrected chi connectivity index (χ0v) is 18.5. The van der Waals surface area contributed by atoms with Gasteiger partial charge in [0, 0.05) is 34.3 Å². The molecule has 0 radical (unpaired) electrons. The average molecular weight is 439 g/mol. The maximum absolute atomic E-state index is 15.6. The van der Waals surface area contributed by atoms with Crippen LogP contribution in [0.15, 0.2) is 67.0 Å². The number of nitrogens with zero attached hydrogens (tertiary/aromatic N) is 2. The molecule has 2 aromatic carbocycles. The maximum atomic E-state index is 15.6. The van der Waals surface area contributed by atoms with Crippen molar-refractivity contribution in [3.8, 4) is 0 Å². The van der Waals surface area contributed by atoms with Gasteiger partial charge in [-0.1, -0.05) is 68.2 Å². The molecule has 4 rings (SSSR count). The van der Waals surface area contributed by atoms with Crippen molar-refractivity contribution in [2.75, 3.05) is 0 Å².